The Labute approximate surface area is 138 Å². The number of nitriles is 1. The van der Waals surface area contributed by atoms with Gasteiger partial charge in [0.15, 0.2) is 5.84 Å². The number of nitrogens with zero attached hydrogens (tertiary/aromatic N) is 3. The highest BCUT2D eigenvalue weighted by Crippen LogP contribution is 2.17. The number of hydrazone groups is 1. The molecule has 1 amide bonds. The van der Waals surface area contributed by atoms with Gasteiger partial charge in [-0.05, 0) is 31.2 Å². The summed E-state index contributed by atoms with van der Waals surface area (Å²) in [5, 5.41) is 22.5. The Morgan fingerprint density at radius 1 is 1.29 bits per heavy atom. The third-order valence-electron chi connectivity index (χ3n) is 2.95. The van der Waals surface area contributed by atoms with Gasteiger partial charge in [0, 0.05) is 5.69 Å². The largest absolute Gasteiger partial charge is 0.382 e. The van der Waals surface area contributed by atoms with Crippen LogP contribution in [0.2, 0.25) is 0 Å². The number of aromatic nitrogens is 1. The van der Waals surface area contributed by atoms with Crippen molar-refractivity contribution in [1.82, 2.24) is 4.98 Å². The van der Waals surface area contributed by atoms with Crippen LogP contribution in [-0.2, 0) is 0 Å². The number of carbonyl (C=O) groups excluding carboxylic acids is 1. The highest BCUT2D eigenvalue weighted by Gasteiger charge is 2.12. The van der Waals surface area contributed by atoms with E-state index in [-0.39, 0.29) is 11.6 Å². The van der Waals surface area contributed by atoms with Gasteiger partial charge in [0.25, 0.3) is 5.91 Å². The lowest BCUT2D eigenvalue weighted by atomic mass is 10.1. The number of para-hydroxylation sites is 1. The van der Waals surface area contributed by atoms with Gasteiger partial charge in [-0.3, -0.25) is 15.6 Å². The maximum absolute atomic E-state index is 12.4. The zero-order chi connectivity index (χ0) is 17.5. The molecule has 5 N–H and O–H groups in total. The highest BCUT2D eigenvalue weighted by molar-refractivity contribution is 6.45. The van der Waals surface area contributed by atoms with Gasteiger partial charge in [-0.25, -0.2) is 4.98 Å². The van der Waals surface area contributed by atoms with Crippen LogP contribution in [0.5, 0.6) is 0 Å². The van der Waals surface area contributed by atoms with E-state index < -0.39 is 5.84 Å². The van der Waals surface area contributed by atoms with Crippen LogP contribution < -0.4 is 16.5 Å². The highest BCUT2D eigenvalue weighted by atomic mass is 16.1. The van der Waals surface area contributed by atoms with Crippen LogP contribution in [0, 0.1) is 23.7 Å². The van der Waals surface area contributed by atoms with Crippen LogP contribution >= 0.6 is 0 Å². The SMILES string of the molecule is Cc1cccc(NC(=O)c2ccccc2N/N=C(\C#N)C(=N)N)n1. The van der Waals surface area contributed by atoms with Crippen molar-refractivity contribution < 1.29 is 4.79 Å². The van der Waals surface area contributed by atoms with Crippen molar-refractivity contribution in [2.75, 3.05) is 10.7 Å². The van der Waals surface area contributed by atoms with E-state index in [1.54, 1.807) is 42.5 Å². The van der Waals surface area contributed by atoms with Gasteiger partial charge < -0.3 is 11.1 Å². The lowest BCUT2D eigenvalue weighted by Crippen LogP contribution is -2.22. The number of anilines is 2. The van der Waals surface area contributed by atoms with E-state index in [1.165, 1.54) is 0 Å². The first kappa shape index (κ1) is 16.6. The molecule has 0 radical (unpaired) electrons. The summed E-state index contributed by atoms with van der Waals surface area (Å²) in [5.74, 6) is -0.414. The summed E-state index contributed by atoms with van der Waals surface area (Å²) in [4.78, 5) is 16.6. The number of amidine groups is 1. The first-order valence-electron chi connectivity index (χ1n) is 6.93. The fraction of sp³-hybridized carbons (Fsp3) is 0.0625. The van der Waals surface area contributed by atoms with Crippen molar-refractivity contribution in [3.63, 3.8) is 0 Å². The average Bonchev–Trinajstić information content (AvgIpc) is 2.55. The van der Waals surface area contributed by atoms with Gasteiger partial charge in [0.1, 0.15) is 11.9 Å². The molecular formula is C16H15N7O. The maximum Gasteiger partial charge on any atom is 0.258 e. The second-order valence-electron chi connectivity index (χ2n) is 4.76. The van der Waals surface area contributed by atoms with E-state index in [0.29, 0.717) is 17.1 Å². The third kappa shape index (κ3) is 4.14. The molecule has 0 saturated carbocycles. The van der Waals surface area contributed by atoms with Crippen LogP contribution in [0.4, 0.5) is 11.5 Å². The molecule has 1 heterocycles. The zero-order valence-electron chi connectivity index (χ0n) is 12.9. The molecule has 24 heavy (non-hydrogen) atoms. The number of nitrogens with two attached hydrogens (primary N) is 1. The van der Waals surface area contributed by atoms with Crippen molar-refractivity contribution in [2.24, 2.45) is 10.8 Å². The summed E-state index contributed by atoms with van der Waals surface area (Å²) in [6, 6.07) is 13.6. The summed E-state index contributed by atoms with van der Waals surface area (Å²) in [5.41, 5.74) is 9.01. The first-order chi connectivity index (χ1) is 11.5. The van der Waals surface area contributed by atoms with Crippen molar-refractivity contribution in [2.45, 2.75) is 6.92 Å². The molecule has 1 aromatic carbocycles. The van der Waals surface area contributed by atoms with E-state index in [2.05, 4.69) is 20.8 Å². The molecule has 0 aliphatic carbocycles. The molecule has 120 valence electrons. The Morgan fingerprint density at radius 3 is 2.71 bits per heavy atom. The monoisotopic (exact) mass is 321 g/mol. The quantitative estimate of drug-likeness (QED) is 0.378. The molecular weight excluding hydrogens is 306 g/mol. The molecule has 2 rings (SSSR count). The lowest BCUT2D eigenvalue weighted by Gasteiger charge is -2.09. The molecule has 0 fully saturated rings. The number of carbonyl (C=O) groups is 1. The summed E-state index contributed by atoms with van der Waals surface area (Å²) >= 11 is 0. The van der Waals surface area contributed by atoms with E-state index >= 15 is 0 Å². The number of amides is 1. The summed E-state index contributed by atoms with van der Waals surface area (Å²) < 4.78 is 0. The standard InChI is InChI=1S/C16H15N7O/c1-10-5-4-8-14(20-10)21-16(24)11-6-2-3-7-12(11)22-23-13(9-17)15(18)19/h2-8,22H,1H3,(H3,18,19)(H,20,21,24)/b23-13+. The van der Waals surface area contributed by atoms with Gasteiger partial charge in [0.05, 0.1) is 11.3 Å². The van der Waals surface area contributed by atoms with Crippen LogP contribution in [-0.4, -0.2) is 22.4 Å². The van der Waals surface area contributed by atoms with E-state index in [4.69, 9.17) is 16.4 Å². The van der Waals surface area contributed by atoms with Crippen LogP contribution in [0.1, 0.15) is 16.1 Å². The normalized spacial score (nSPS) is 10.6. The number of rotatable bonds is 5. The zero-order valence-corrected chi connectivity index (χ0v) is 12.9. The molecule has 0 unspecified atom stereocenters. The minimum atomic E-state index is -0.462. The molecule has 0 bridgehead atoms. The van der Waals surface area contributed by atoms with Crippen LogP contribution in [0.15, 0.2) is 47.6 Å². The number of aryl methyl sites for hydroxylation is 1. The molecule has 0 aliphatic rings. The number of nitrogens with one attached hydrogen (secondary N) is 3. The van der Waals surface area contributed by atoms with Crippen molar-refractivity contribution in [3.8, 4) is 6.07 Å². The Hall–Kier alpha value is -3.73. The fourth-order valence-corrected chi connectivity index (χ4v) is 1.84. The van der Waals surface area contributed by atoms with Gasteiger partial charge in [-0.2, -0.15) is 10.4 Å². The Bertz CT molecular complexity index is 851. The Morgan fingerprint density at radius 2 is 2.04 bits per heavy atom. The first-order valence-corrected chi connectivity index (χ1v) is 6.93. The predicted molar refractivity (Wildman–Crippen MR) is 92.0 cm³/mol. The second-order valence-corrected chi connectivity index (χ2v) is 4.76. The van der Waals surface area contributed by atoms with Gasteiger partial charge >= 0.3 is 0 Å². The molecule has 1 aromatic heterocycles. The Kier molecular flexibility index (Phi) is 5.20. The molecule has 0 saturated heterocycles. The van der Waals surface area contributed by atoms with E-state index in [0.717, 1.165) is 5.69 Å². The van der Waals surface area contributed by atoms with Gasteiger partial charge in [-0.15, -0.1) is 0 Å². The van der Waals surface area contributed by atoms with Crippen LogP contribution in [0.3, 0.4) is 0 Å². The number of hydrogen-bond donors (Lipinski definition) is 4. The van der Waals surface area contributed by atoms with Gasteiger partial charge in [0.2, 0.25) is 5.71 Å². The summed E-state index contributed by atoms with van der Waals surface area (Å²) in [7, 11) is 0. The van der Waals surface area contributed by atoms with Gasteiger partial charge in [-0.1, -0.05) is 18.2 Å². The maximum atomic E-state index is 12.4. The summed E-state index contributed by atoms with van der Waals surface area (Å²) in [6.45, 7) is 1.82. The van der Waals surface area contributed by atoms with E-state index in [1.807, 2.05) is 13.0 Å². The molecule has 2 aromatic rings. The molecule has 0 atom stereocenters. The second kappa shape index (κ2) is 7.51. The average molecular weight is 321 g/mol. The fourth-order valence-electron chi connectivity index (χ4n) is 1.84. The van der Waals surface area contributed by atoms with Crippen LogP contribution in [0.25, 0.3) is 0 Å². The minimum absolute atomic E-state index is 0.273. The molecule has 0 aliphatic heterocycles. The summed E-state index contributed by atoms with van der Waals surface area (Å²) in [6.07, 6.45) is 0. The van der Waals surface area contributed by atoms with Crippen molar-refractivity contribution in [1.29, 1.82) is 10.7 Å². The van der Waals surface area contributed by atoms with Crippen molar-refractivity contribution >= 4 is 29.0 Å². The number of benzene rings is 1. The molecule has 8 nitrogen and oxygen atoms in total. The minimum Gasteiger partial charge on any atom is -0.382 e. The number of hydrogen-bond acceptors (Lipinski definition) is 6. The third-order valence-corrected chi connectivity index (χ3v) is 2.95. The number of pyridine rings is 1. The smallest absolute Gasteiger partial charge is 0.258 e. The molecule has 8 heteroatoms. The lowest BCUT2D eigenvalue weighted by molar-refractivity contribution is 0.102. The van der Waals surface area contributed by atoms with E-state index in [9.17, 15) is 4.79 Å². The molecule has 0 spiro atoms. The Balaban J connectivity index is 2.23. The predicted octanol–water partition coefficient (Wildman–Crippen LogP) is 1.87. The topological polar surface area (TPSA) is 140 Å². The van der Waals surface area contributed by atoms with Crippen molar-refractivity contribution in [3.05, 3.63) is 53.7 Å².